The van der Waals surface area contributed by atoms with Crippen LogP contribution < -0.4 is 10.4 Å². The van der Waals surface area contributed by atoms with Crippen molar-refractivity contribution < 1.29 is 14.7 Å². The zero-order valence-corrected chi connectivity index (χ0v) is 6.64. The highest BCUT2D eigenvalue weighted by atomic mass is 16.6. The molecule has 0 aromatic heterocycles. The molecule has 0 aliphatic carbocycles. The largest absolute Gasteiger partial charge is 0.707 e. The van der Waals surface area contributed by atoms with Crippen LogP contribution in [-0.4, -0.2) is 17.4 Å². The van der Waals surface area contributed by atoms with Crippen molar-refractivity contribution in [2.24, 2.45) is 0 Å². The Morgan fingerprint density at radius 3 is 2.69 bits per heavy atom. The average Bonchev–Trinajstić information content (AvgIpc) is 2.03. The van der Waals surface area contributed by atoms with E-state index in [9.17, 15) is 0 Å². The summed E-state index contributed by atoms with van der Waals surface area (Å²) < 4.78 is 4.53. The van der Waals surface area contributed by atoms with Gasteiger partial charge in [-0.3, -0.25) is 0 Å². The van der Waals surface area contributed by atoms with Crippen molar-refractivity contribution in [3.8, 4) is 11.8 Å². The molecule has 13 heavy (non-hydrogen) atoms. The van der Waals surface area contributed by atoms with E-state index in [0.29, 0.717) is 5.69 Å². The van der Waals surface area contributed by atoms with Crippen LogP contribution in [0.1, 0.15) is 5.56 Å². The first kappa shape index (κ1) is 9.38. The van der Waals surface area contributed by atoms with Crippen molar-refractivity contribution in [2.75, 3.05) is 5.73 Å². The molecule has 5 nitrogen and oxygen atoms in total. The molecule has 6 heteroatoms. The second kappa shape index (κ2) is 3.80. The molecule has 0 aliphatic rings. The van der Waals surface area contributed by atoms with E-state index in [1.54, 1.807) is 0 Å². The number of benzene rings is 1. The minimum atomic E-state index is -1.95. The van der Waals surface area contributed by atoms with E-state index in [-0.39, 0.29) is 11.3 Å². The van der Waals surface area contributed by atoms with Gasteiger partial charge in [0.2, 0.25) is 0 Å². The lowest BCUT2D eigenvalue weighted by Gasteiger charge is -2.06. The molecule has 1 aromatic rings. The first-order valence-electron chi connectivity index (χ1n) is 3.46. The lowest BCUT2D eigenvalue weighted by Crippen LogP contribution is -2.21. The van der Waals surface area contributed by atoms with Crippen LogP contribution in [0.15, 0.2) is 18.2 Å². The first-order chi connectivity index (χ1) is 6.13. The predicted molar refractivity (Wildman–Crippen MR) is 46.4 cm³/mol. The molecule has 0 aliphatic heterocycles. The van der Waals surface area contributed by atoms with Crippen LogP contribution in [0.4, 0.5) is 5.69 Å². The van der Waals surface area contributed by atoms with Gasteiger partial charge in [0, 0.05) is 11.8 Å². The molecular formula is C7H7BN2O3. The van der Waals surface area contributed by atoms with Crippen molar-refractivity contribution in [1.29, 1.82) is 5.26 Å². The Morgan fingerprint density at radius 2 is 2.15 bits per heavy atom. The molecule has 0 saturated heterocycles. The zero-order chi connectivity index (χ0) is 9.84. The van der Waals surface area contributed by atoms with Crippen LogP contribution in [0.25, 0.3) is 0 Å². The molecule has 66 valence electrons. The Labute approximate surface area is 75.2 Å². The highest BCUT2D eigenvalue weighted by Gasteiger charge is 2.14. The van der Waals surface area contributed by atoms with E-state index in [1.807, 2.05) is 6.07 Å². The van der Waals surface area contributed by atoms with Crippen molar-refractivity contribution in [1.82, 2.24) is 0 Å². The van der Waals surface area contributed by atoms with E-state index in [0.717, 1.165) is 0 Å². The fraction of sp³-hybridized carbons (Fsp3) is 0. The van der Waals surface area contributed by atoms with Crippen LogP contribution in [-0.2, 0) is 0 Å². The second-order valence-corrected chi connectivity index (χ2v) is 2.31. The second-order valence-electron chi connectivity index (χ2n) is 2.31. The third kappa shape index (κ3) is 2.37. The Morgan fingerprint density at radius 1 is 1.46 bits per heavy atom. The molecule has 0 saturated carbocycles. The number of rotatable bonds is 2. The quantitative estimate of drug-likeness (QED) is 0.418. The molecule has 0 amide bonds. The van der Waals surface area contributed by atoms with Gasteiger partial charge in [-0.05, 0) is 12.1 Å². The first-order valence-corrected chi connectivity index (χ1v) is 3.46. The van der Waals surface area contributed by atoms with Crippen LogP contribution >= 0.6 is 0 Å². The Hall–Kier alpha value is -1.71. The van der Waals surface area contributed by atoms with Gasteiger partial charge in [0.15, 0.2) is 0 Å². The molecule has 4 N–H and O–H groups in total. The Bertz CT molecular complexity index is 348. The number of anilines is 1. The summed E-state index contributed by atoms with van der Waals surface area (Å²) >= 11 is 0. The fourth-order valence-electron chi connectivity index (χ4n) is 0.842. The summed E-state index contributed by atoms with van der Waals surface area (Å²) in [6, 6.07) is 6.13. The normalized spacial score (nSPS) is 9.00. The van der Waals surface area contributed by atoms with Crippen LogP contribution in [0.2, 0.25) is 0 Å². The number of nitriles is 1. The highest BCUT2D eigenvalue weighted by molar-refractivity contribution is 6.33. The van der Waals surface area contributed by atoms with Gasteiger partial charge in [0.1, 0.15) is 11.8 Å². The lowest BCUT2D eigenvalue weighted by atomic mass is 10.1. The van der Waals surface area contributed by atoms with Gasteiger partial charge in [-0.25, -0.2) is 0 Å². The molecule has 0 bridgehead atoms. The van der Waals surface area contributed by atoms with Gasteiger partial charge < -0.3 is 20.4 Å². The fourth-order valence-corrected chi connectivity index (χ4v) is 0.842. The van der Waals surface area contributed by atoms with E-state index in [2.05, 4.69) is 4.65 Å². The predicted octanol–water partition coefficient (Wildman–Crippen LogP) is -0.511. The van der Waals surface area contributed by atoms with Gasteiger partial charge in [-0.15, -0.1) is 0 Å². The molecule has 0 heterocycles. The number of nitrogens with two attached hydrogens (primary N) is 1. The number of nitrogens with zero attached hydrogens (tertiary/aromatic N) is 1. The van der Waals surface area contributed by atoms with Gasteiger partial charge in [0.05, 0.1) is 5.56 Å². The van der Waals surface area contributed by atoms with Crippen molar-refractivity contribution in [2.45, 2.75) is 0 Å². The molecular weight excluding hydrogens is 171 g/mol. The number of nitrogen functional groups attached to an aromatic ring is 1. The average molecular weight is 178 g/mol. The molecule has 0 spiro atoms. The van der Waals surface area contributed by atoms with Gasteiger partial charge in [-0.2, -0.15) is 5.26 Å². The van der Waals surface area contributed by atoms with Crippen molar-refractivity contribution >= 4 is 13.0 Å². The van der Waals surface area contributed by atoms with E-state index >= 15 is 0 Å². The topological polar surface area (TPSA) is 99.5 Å². The monoisotopic (exact) mass is 178 g/mol. The maximum atomic E-state index is 8.59. The molecule has 1 aromatic carbocycles. The Balaban J connectivity index is 3.03. The summed E-state index contributed by atoms with van der Waals surface area (Å²) in [4.78, 5) is 0. The van der Waals surface area contributed by atoms with Gasteiger partial charge in [-0.1, -0.05) is 0 Å². The molecule has 0 atom stereocenters. The smallest absolute Gasteiger partial charge is 0.511 e. The summed E-state index contributed by atoms with van der Waals surface area (Å²) in [7, 11) is -1.95. The third-order valence-corrected chi connectivity index (χ3v) is 1.36. The molecule has 0 radical (unpaired) electrons. The molecule has 0 fully saturated rings. The third-order valence-electron chi connectivity index (χ3n) is 1.36. The molecule has 0 unspecified atom stereocenters. The van der Waals surface area contributed by atoms with Gasteiger partial charge in [0.25, 0.3) is 0 Å². The number of hydrogen-bond acceptors (Lipinski definition) is 5. The van der Waals surface area contributed by atoms with Crippen LogP contribution in [0.3, 0.4) is 0 Å². The standard InChI is InChI=1S/C7H7BN2O3/c9-4-5-1-2-6(10)3-7(5)13-8(11)12/h1-3,11-12H,10H2. The summed E-state index contributed by atoms with van der Waals surface area (Å²) in [5, 5.41) is 25.6. The van der Waals surface area contributed by atoms with Crippen LogP contribution in [0.5, 0.6) is 5.75 Å². The minimum Gasteiger partial charge on any atom is -0.511 e. The number of hydrogen-bond donors (Lipinski definition) is 3. The van der Waals surface area contributed by atoms with E-state index in [4.69, 9.17) is 21.0 Å². The zero-order valence-electron chi connectivity index (χ0n) is 6.64. The lowest BCUT2D eigenvalue weighted by molar-refractivity contribution is 0.288. The van der Waals surface area contributed by atoms with E-state index in [1.165, 1.54) is 18.2 Å². The highest BCUT2D eigenvalue weighted by Crippen LogP contribution is 2.20. The van der Waals surface area contributed by atoms with Crippen LogP contribution in [0, 0.1) is 11.3 Å². The summed E-state index contributed by atoms with van der Waals surface area (Å²) in [5.74, 6) is 0.0532. The summed E-state index contributed by atoms with van der Waals surface area (Å²) in [5.41, 5.74) is 5.99. The molecule has 1 rings (SSSR count). The maximum Gasteiger partial charge on any atom is 0.707 e. The van der Waals surface area contributed by atoms with Gasteiger partial charge >= 0.3 is 7.32 Å². The SMILES string of the molecule is N#Cc1ccc(N)cc1OB(O)O. The van der Waals surface area contributed by atoms with Crippen molar-refractivity contribution in [3.63, 3.8) is 0 Å². The minimum absolute atomic E-state index is 0.0532. The maximum absolute atomic E-state index is 8.59. The van der Waals surface area contributed by atoms with Crippen molar-refractivity contribution in [3.05, 3.63) is 23.8 Å². The summed E-state index contributed by atoms with van der Waals surface area (Å²) in [6.45, 7) is 0. The summed E-state index contributed by atoms with van der Waals surface area (Å²) in [6.07, 6.45) is 0. The Kier molecular flexibility index (Phi) is 2.74. The van der Waals surface area contributed by atoms with E-state index < -0.39 is 7.32 Å².